The summed E-state index contributed by atoms with van der Waals surface area (Å²) >= 11 is 0. The molecule has 1 aromatic rings. The summed E-state index contributed by atoms with van der Waals surface area (Å²) in [5.74, 6) is 0.800. The highest BCUT2D eigenvalue weighted by atomic mass is 32.2. The number of allylic oxidation sites excluding steroid dienone is 2. The van der Waals surface area contributed by atoms with Gasteiger partial charge >= 0.3 is 0 Å². The average Bonchev–Trinajstić information content (AvgIpc) is 2.92. The third kappa shape index (κ3) is 1.42. The lowest BCUT2D eigenvalue weighted by Gasteiger charge is -2.13. The van der Waals surface area contributed by atoms with Crippen molar-refractivity contribution in [1.29, 1.82) is 0 Å². The van der Waals surface area contributed by atoms with E-state index in [0.717, 1.165) is 12.8 Å². The molecule has 16 heavy (non-hydrogen) atoms. The van der Waals surface area contributed by atoms with Crippen LogP contribution in [-0.4, -0.2) is 8.42 Å². The van der Waals surface area contributed by atoms with E-state index in [2.05, 4.69) is 0 Å². The lowest BCUT2D eigenvalue weighted by Crippen LogP contribution is -2.10. The molecule has 2 aliphatic carbocycles. The van der Waals surface area contributed by atoms with Crippen molar-refractivity contribution in [3.05, 3.63) is 41.3 Å². The number of hydrogen-bond acceptors (Lipinski definition) is 2. The molecule has 1 saturated carbocycles. The maximum Gasteiger partial charge on any atom is 0.202 e. The minimum Gasteiger partial charge on any atom is -0.219 e. The molecule has 0 saturated heterocycles. The van der Waals surface area contributed by atoms with Gasteiger partial charge in [0, 0.05) is 4.91 Å². The van der Waals surface area contributed by atoms with Gasteiger partial charge in [-0.25, -0.2) is 8.42 Å². The van der Waals surface area contributed by atoms with Crippen molar-refractivity contribution in [2.75, 3.05) is 0 Å². The minimum atomic E-state index is -3.21. The largest absolute Gasteiger partial charge is 0.219 e. The Balaban J connectivity index is 2.05. The van der Waals surface area contributed by atoms with Crippen LogP contribution in [0.1, 0.15) is 19.3 Å². The monoisotopic (exact) mass is 234 g/mol. The molecule has 0 spiro atoms. The van der Waals surface area contributed by atoms with Gasteiger partial charge in [0.15, 0.2) is 0 Å². The zero-order valence-corrected chi connectivity index (χ0v) is 9.78. The summed E-state index contributed by atoms with van der Waals surface area (Å²) in [5, 5.41) is 0. The van der Waals surface area contributed by atoms with Gasteiger partial charge in [0.25, 0.3) is 0 Å². The topological polar surface area (TPSA) is 34.1 Å². The SMILES string of the molecule is O=S(=O)(C1=C[C@@H]2CC[C@H]1C2)c1ccccc1. The van der Waals surface area contributed by atoms with Gasteiger partial charge in [-0.05, 0) is 43.2 Å². The highest BCUT2D eigenvalue weighted by molar-refractivity contribution is 7.95. The number of sulfone groups is 1. The first-order valence-electron chi connectivity index (χ1n) is 5.70. The molecule has 0 unspecified atom stereocenters. The molecule has 84 valence electrons. The Morgan fingerprint density at radius 3 is 2.38 bits per heavy atom. The first kappa shape index (κ1) is 10.1. The van der Waals surface area contributed by atoms with E-state index in [1.54, 1.807) is 24.3 Å². The van der Waals surface area contributed by atoms with E-state index in [9.17, 15) is 8.42 Å². The summed E-state index contributed by atoms with van der Waals surface area (Å²) in [6.07, 6.45) is 5.24. The van der Waals surface area contributed by atoms with Crippen LogP contribution in [0, 0.1) is 11.8 Å². The minimum absolute atomic E-state index is 0.287. The van der Waals surface area contributed by atoms with E-state index in [-0.39, 0.29) is 5.92 Å². The van der Waals surface area contributed by atoms with E-state index >= 15 is 0 Å². The fourth-order valence-corrected chi connectivity index (χ4v) is 4.65. The van der Waals surface area contributed by atoms with E-state index in [1.165, 1.54) is 6.42 Å². The Labute approximate surface area is 95.9 Å². The van der Waals surface area contributed by atoms with Crippen LogP contribution < -0.4 is 0 Å². The second-order valence-corrected chi connectivity index (χ2v) is 6.61. The summed E-state index contributed by atoms with van der Waals surface area (Å²) in [4.78, 5) is 1.11. The molecule has 1 aromatic carbocycles. The molecule has 1 fully saturated rings. The zero-order valence-electron chi connectivity index (χ0n) is 8.96. The van der Waals surface area contributed by atoms with Crippen molar-refractivity contribution in [1.82, 2.24) is 0 Å². The van der Waals surface area contributed by atoms with Crippen LogP contribution in [0.15, 0.2) is 46.2 Å². The molecule has 3 heteroatoms. The molecule has 0 heterocycles. The van der Waals surface area contributed by atoms with Crippen LogP contribution in [0.2, 0.25) is 0 Å². The summed E-state index contributed by atoms with van der Waals surface area (Å²) < 4.78 is 24.7. The van der Waals surface area contributed by atoms with Gasteiger partial charge in [-0.3, -0.25) is 0 Å². The Bertz CT molecular complexity index is 528. The molecule has 2 bridgehead atoms. The van der Waals surface area contributed by atoms with Crippen LogP contribution in [0.5, 0.6) is 0 Å². The summed E-state index contributed by atoms with van der Waals surface area (Å²) in [6, 6.07) is 8.76. The first-order chi connectivity index (χ1) is 7.68. The second kappa shape index (κ2) is 3.45. The Kier molecular flexibility index (Phi) is 2.18. The van der Waals surface area contributed by atoms with E-state index in [0.29, 0.717) is 15.7 Å². The molecule has 0 N–H and O–H groups in total. The van der Waals surface area contributed by atoms with Crippen molar-refractivity contribution in [2.24, 2.45) is 11.8 Å². The lowest BCUT2D eigenvalue weighted by molar-refractivity contribution is 0.588. The molecule has 2 aliphatic rings. The molecule has 0 amide bonds. The second-order valence-electron chi connectivity index (χ2n) is 4.66. The third-order valence-electron chi connectivity index (χ3n) is 3.64. The molecule has 0 radical (unpaired) electrons. The van der Waals surface area contributed by atoms with Crippen molar-refractivity contribution in [3.8, 4) is 0 Å². The standard InChI is InChI=1S/C13H14O2S/c14-16(15,12-4-2-1-3-5-12)13-9-10-6-7-11(13)8-10/h1-5,9-11H,6-8H2/t10-,11+/m1/s1. The van der Waals surface area contributed by atoms with Gasteiger partial charge in [-0.1, -0.05) is 24.3 Å². The normalized spacial score (nSPS) is 28.1. The lowest BCUT2D eigenvalue weighted by atomic mass is 10.1. The van der Waals surface area contributed by atoms with Gasteiger partial charge in [0.1, 0.15) is 0 Å². The van der Waals surface area contributed by atoms with Crippen LogP contribution in [-0.2, 0) is 9.84 Å². The molecule has 2 atom stereocenters. The smallest absolute Gasteiger partial charge is 0.202 e. The number of hydrogen-bond donors (Lipinski definition) is 0. The molecule has 0 aliphatic heterocycles. The maximum absolute atomic E-state index is 12.4. The summed E-state index contributed by atoms with van der Waals surface area (Å²) in [6.45, 7) is 0. The first-order valence-corrected chi connectivity index (χ1v) is 7.18. The number of rotatable bonds is 2. The van der Waals surface area contributed by atoms with Crippen LogP contribution >= 0.6 is 0 Å². The van der Waals surface area contributed by atoms with Gasteiger partial charge in [-0.2, -0.15) is 0 Å². The van der Waals surface area contributed by atoms with Crippen molar-refractivity contribution in [3.63, 3.8) is 0 Å². The average molecular weight is 234 g/mol. The van der Waals surface area contributed by atoms with E-state index < -0.39 is 9.84 Å². The van der Waals surface area contributed by atoms with E-state index in [4.69, 9.17) is 0 Å². The number of benzene rings is 1. The third-order valence-corrected chi connectivity index (χ3v) is 5.62. The summed E-state index contributed by atoms with van der Waals surface area (Å²) in [7, 11) is -3.21. The fourth-order valence-electron chi connectivity index (χ4n) is 2.84. The molecule has 2 nitrogen and oxygen atoms in total. The van der Waals surface area contributed by atoms with Gasteiger partial charge in [-0.15, -0.1) is 0 Å². The van der Waals surface area contributed by atoms with Crippen LogP contribution in [0.25, 0.3) is 0 Å². The Hall–Kier alpha value is -1.09. The van der Waals surface area contributed by atoms with Crippen molar-refractivity contribution in [2.45, 2.75) is 24.2 Å². The summed E-state index contributed by atoms with van der Waals surface area (Å²) in [5.41, 5.74) is 0. The van der Waals surface area contributed by atoms with Crippen LogP contribution in [0.3, 0.4) is 0 Å². The molecular weight excluding hydrogens is 220 g/mol. The highest BCUT2D eigenvalue weighted by Gasteiger charge is 2.39. The zero-order chi connectivity index (χ0) is 11.2. The Morgan fingerprint density at radius 2 is 1.81 bits per heavy atom. The quantitative estimate of drug-likeness (QED) is 0.788. The predicted molar refractivity (Wildman–Crippen MR) is 62.5 cm³/mol. The Morgan fingerprint density at radius 1 is 1.06 bits per heavy atom. The molecule has 3 rings (SSSR count). The van der Waals surface area contributed by atoms with Gasteiger partial charge in [0.05, 0.1) is 4.90 Å². The molecule has 0 aromatic heterocycles. The molecular formula is C13H14O2S. The van der Waals surface area contributed by atoms with E-state index in [1.807, 2.05) is 12.1 Å². The van der Waals surface area contributed by atoms with Crippen molar-refractivity contribution < 1.29 is 8.42 Å². The predicted octanol–water partition coefficient (Wildman–Crippen LogP) is 2.77. The fraction of sp³-hybridized carbons (Fsp3) is 0.385. The van der Waals surface area contributed by atoms with Gasteiger partial charge in [0.2, 0.25) is 9.84 Å². The van der Waals surface area contributed by atoms with Gasteiger partial charge < -0.3 is 0 Å². The van der Waals surface area contributed by atoms with Crippen molar-refractivity contribution >= 4 is 9.84 Å². The highest BCUT2D eigenvalue weighted by Crippen LogP contribution is 2.47. The number of fused-ring (bicyclic) bond motifs is 2. The van der Waals surface area contributed by atoms with Crippen LogP contribution in [0.4, 0.5) is 0 Å². The maximum atomic E-state index is 12.4.